The van der Waals surface area contributed by atoms with E-state index in [0.29, 0.717) is 0 Å². The molecule has 2 nitrogen and oxygen atoms in total. The first-order chi connectivity index (χ1) is 7.09. The molecule has 3 heteroatoms. The van der Waals surface area contributed by atoms with E-state index >= 15 is 0 Å². The fraction of sp³-hybridized carbons (Fsp3) is 0.333. The number of aryl methyl sites for hydroxylation is 1. The summed E-state index contributed by atoms with van der Waals surface area (Å²) in [6, 6.07) is 6.42. The van der Waals surface area contributed by atoms with Crippen molar-refractivity contribution in [1.82, 2.24) is 0 Å². The Morgan fingerprint density at radius 2 is 2.27 bits per heavy atom. The maximum atomic E-state index is 6.03. The van der Waals surface area contributed by atoms with Crippen LogP contribution in [0.25, 0.3) is 0 Å². The van der Waals surface area contributed by atoms with Gasteiger partial charge in [-0.3, -0.25) is 0 Å². The van der Waals surface area contributed by atoms with Crippen LogP contribution < -0.4 is 10.6 Å². The molecule has 1 aliphatic heterocycles. The smallest absolute Gasteiger partial charge is 0.0449 e. The normalized spacial score (nSPS) is 21.1. The monoisotopic (exact) mass is 266 g/mol. The number of rotatable bonds is 0. The molecule has 1 heterocycles. The quantitative estimate of drug-likeness (QED) is 0.783. The molecule has 0 aliphatic carbocycles. The van der Waals surface area contributed by atoms with Crippen molar-refractivity contribution in [3.8, 4) is 0 Å². The lowest BCUT2D eigenvalue weighted by molar-refractivity contribution is 0.692. The molecule has 0 fully saturated rings. The molecule has 2 N–H and O–H groups in total. The van der Waals surface area contributed by atoms with Crippen LogP contribution in [0.5, 0.6) is 0 Å². The van der Waals surface area contributed by atoms with Crippen molar-refractivity contribution in [2.75, 3.05) is 11.9 Å². The van der Waals surface area contributed by atoms with Gasteiger partial charge in [0.25, 0.3) is 0 Å². The molecule has 0 unspecified atom stereocenters. The Bertz CT molecular complexity index is 401. The SMILES string of the molecule is C=C1[C@@H](N)CCc2ccc(Br)cc2N1C. The van der Waals surface area contributed by atoms with Crippen LogP contribution in [0.1, 0.15) is 12.0 Å². The minimum Gasteiger partial charge on any atom is -0.347 e. The van der Waals surface area contributed by atoms with E-state index in [1.807, 2.05) is 7.05 Å². The zero-order chi connectivity index (χ0) is 11.0. The molecular formula is C12H15BrN2. The van der Waals surface area contributed by atoms with Gasteiger partial charge in [0.1, 0.15) is 0 Å². The highest BCUT2D eigenvalue weighted by atomic mass is 79.9. The van der Waals surface area contributed by atoms with Crippen molar-refractivity contribution in [3.05, 3.63) is 40.5 Å². The van der Waals surface area contributed by atoms with Gasteiger partial charge in [-0.2, -0.15) is 0 Å². The van der Waals surface area contributed by atoms with Crippen molar-refractivity contribution < 1.29 is 0 Å². The third-order valence-electron chi connectivity index (χ3n) is 2.99. The number of anilines is 1. The second-order valence-corrected chi connectivity index (χ2v) is 4.88. The molecule has 0 saturated carbocycles. The van der Waals surface area contributed by atoms with Gasteiger partial charge >= 0.3 is 0 Å². The Kier molecular flexibility index (Phi) is 2.85. The van der Waals surface area contributed by atoms with Crippen molar-refractivity contribution >= 4 is 21.6 Å². The van der Waals surface area contributed by atoms with Crippen LogP contribution in [0.3, 0.4) is 0 Å². The average Bonchev–Trinajstić information content (AvgIpc) is 2.32. The minimum atomic E-state index is 0.0705. The molecule has 2 rings (SSSR count). The Labute approximate surface area is 98.9 Å². The zero-order valence-corrected chi connectivity index (χ0v) is 10.4. The summed E-state index contributed by atoms with van der Waals surface area (Å²) in [5, 5.41) is 0. The number of likely N-dealkylation sites (N-methyl/N-ethyl adjacent to an activating group) is 1. The molecule has 0 spiro atoms. The number of fused-ring (bicyclic) bond motifs is 1. The van der Waals surface area contributed by atoms with Gasteiger partial charge in [0.15, 0.2) is 0 Å². The average molecular weight is 267 g/mol. The molecule has 0 aromatic heterocycles. The lowest BCUT2D eigenvalue weighted by atomic mass is 10.1. The van der Waals surface area contributed by atoms with E-state index in [0.717, 1.165) is 23.0 Å². The predicted octanol–water partition coefficient (Wildman–Crippen LogP) is 2.67. The number of nitrogens with two attached hydrogens (primary N) is 1. The third-order valence-corrected chi connectivity index (χ3v) is 3.49. The molecule has 0 amide bonds. The first kappa shape index (κ1) is 10.7. The van der Waals surface area contributed by atoms with Gasteiger partial charge in [0.2, 0.25) is 0 Å². The minimum absolute atomic E-state index is 0.0705. The molecule has 0 bridgehead atoms. The Morgan fingerprint density at radius 1 is 1.53 bits per heavy atom. The third kappa shape index (κ3) is 1.94. The van der Waals surface area contributed by atoms with E-state index in [9.17, 15) is 0 Å². The van der Waals surface area contributed by atoms with E-state index in [-0.39, 0.29) is 6.04 Å². The fourth-order valence-electron chi connectivity index (χ4n) is 1.94. The van der Waals surface area contributed by atoms with E-state index in [1.165, 1.54) is 11.3 Å². The van der Waals surface area contributed by atoms with Crippen LogP contribution in [-0.2, 0) is 6.42 Å². The highest BCUT2D eigenvalue weighted by Gasteiger charge is 2.20. The van der Waals surface area contributed by atoms with Gasteiger partial charge in [0.05, 0.1) is 0 Å². The van der Waals surface area contributed by atoms with E-state index in [2.05, 4.69) is 45.6 Å². The summed E-state index contributed by atoms with van der Waals surface area (Å²) in [6.07, 6.45) is 1.99. The molecule has 15 heavy (non-hydrogen) atoms. The van der Waals surface area contributed by atoms with Crippen LogP contribution in [0.2, 0.25) is 0 Å². The molecular weight excluding hydrogens is 252 g/mol. The summed E-state index contributed by atoms with van der Waals surface area (Å²) < 4.78 is 1.09. The van der Waals surface area contributed by atoms with Gasteiger partial charge in [-0.15, -0.1) is 0 Å². The fourth-order valence-corrected chi connectivity index (χ4v) is 2.29. The van der Waals surface area contributed by atoms with Gasteiger partial charge in [-0.05, 0) is 30.5 Å². The first-order valence-corrected chi connectivity index (χ1v) is 5.85. The highest BCUT2D eigenvalue weighted by Crippen LogP contribution is 2.31. The summed E-state index contributed by atoms with van der Waals surface area (Å²) in [5.41, 5.74) is 9.58. The van der Waals surface area contributed by atoms with Gasteiger partial charge in [-0.1, -0.05) is 28.6 Å². The molecule has 0 saturated heterocycles. The molecule has 1 atom stereocenters. The Balaban J connectivity index is 2.48. The number of hydrogen-bond acceptors (Lipinski definition) is 2. The maximum absolute atomic E-state index is 6.03. The van der Waals surface area contributed by atoms with Crippen LogP contribution in [-0.4, -0.2) is 13.1 Å². The topological polar surface area (TPSA) is 29.3 Å². The van der Waals surface area contributed by atoms with E-state index in [4.69, 9.17) is 5.73 Å². The largest absolute Gasteiger partial charge is 0.347 e. The standard InChI is InChI=1S/C12H15BrN2/c1-8-11(14)6-4-9-3-5-10(13)7-12(9)15(8)2/h3,5,7,11H,1,4,6,14H2,2H3/t11-/m0/s1. The summed E-state index contributed by atoms with van der Waals surface area (Å²) in [5.74, 6) is 0. The molecule has 80 valence electrons. The number of hydrogen-bond donors (Lipinski definition) is 1. The number of halogens is 1. The summed E-state index contributed by atoms with van der Waals surface area (Å²) in [4.78, 5) is 2.09. The van der Waals surface area contributed by atoms with Crippen molar-refractivity contribution in [3.63, 3.8) is 0 Å². The lowest BCUT2D eigenvalue weighted by Gasteiger charge is -2.24. The molecule has 1 aromatic carbocycles. The Morgan fingerprint density at radius 3 is 3.00 bits per heavy atom. The predicted molar refractivity (Wildman–Crippen MR) is 68.0 cm³/mol. The van der Waals surface area contributed by atoms with Gasteiger partial charge in [-0.25, -0.2) is 0 Å². The highest BCUT2D eigenvalue weighted by molar-refractivity contribution is 9.10. The summed E-state index contributed by atoms with van der Waals surface area (Å²) in [7, 11) is 2.03. The molecule has 1 aliphatic rings. The van der Waals surface area contributed by atoms with E-state index in [1.54, 1.807) is 0 Å². The van der Waals surface area contributed by atoms with Crippen LogP contribution >= 0.6 is 15.9 Å². The van der Waals surface area contributed by atoms with Crippen LogP contribution in [0.4, 0.5) is 5.69 Å². The van der Waals surface area contributed by atoms with Crippen LogP contribution in [0, 0.1) is 0 Å². The Hall–Kier alpha value is -0.800. The van der Waals surface area contributed by atoms with Gasteiger partial charge in [0, 0.05) is 28.9 Å². The molecule has 0 radical (unpaired) electrons. The van der Waals surface area contributed by atoms with E-state index < -0.39 is 0 Å². The second-order valence-electron chi connectivity index (χ2n) is 3.97. The first-order valence-electron chi connectivity index (χ1n) is 5.06. The summed E-state index contributed by atoms with van der Waals surface area (Å²) in [6.45, 7) is 4.05. The van der Waals surface area contributed by atoms with Crippen molar-refractivity contribution in [2.24, 2.45) is 5.73 Å². The summed E-state index contributed by atoms with van der Waals surface area (Å²) >= 11 is 3.49. The van der Waals surface area contributed by atoms with Gasteiger partial charge < -0.3 is 10.6 Å². The molecule has 1 aromatic rings. The van der Waals surface area contributed by atoms with Crippen LogP contribution in [0.15, 0.2) is 34.9 Å². The van der Waals surface area contributed by atoms with Crippen molar-refractivity contribution in [2.45, 2.75) is 18.9 Å². The zero-order valence-electron chi connectivity index (χ0n) is 8.83. The maximum Gasteiger partial charge on any atom is 0.0449 e. The van der Waals surface area contributed by atoms with Crippen molar-refractivity contribution in [1.29, 1.82) is 0 Å². The number of benzene rings is 1. The lowest BCUT2D eigenvalue weighted by Crippen LogP contribution is -2.30. The number of nitrogens with zero attached hydrogens (tertiary/aromatic N) is 1. The second kappa shape index (κ2) is 3.99.